The highest BCUT2D eigenvalue weighted by Gasteiger charge is 2.34. The second-order valence-corrected chi connectivity index (χ2v) is 6.96. The van der Waals surface area contributed by atoms with Crippen molar-refractivity contribution in [3.05, 3.63) is 35.5 Å². The Labute approximate surface area is 135 Å². The van der Waals surface area contributed by atoms with E-state index in [2.05, 4.69) is 17.2 Å². The number of rotatable bonds is 3. The van der Waals surface area contributed by atoms with E-state index < -0.39 is 0 Å². The molecule has 2 atom stereocenters. The van der Waals surface area contributed by atoms with Gasteiger partial charge in [-0.1, -0.05) is 31.4 Å². The van der Waals surface area contributed by atoms with E-state index in [0.29, 0.717) is 16.8 Å². The Morgan fingerprint density at radius 2 is 2.24 bits per heavy atom. The summed E-state index contributed by atoms with van der Waals surface area (Å²) in [6, 6.07) is 7.87. The van der Waals surface area contributed by atoms with Gasteiger partial charge in [0.2, 0.25) is 0 Å². The number of pyridine rings is 1. The molecule has 1 aromatic carbocycles. The zero-order valence-corrected chi connectivity index (χ0v) is 13.7. The van der Waals surface area contributed by atoms with Crippen molar-refractivity contribution in [2.75, 3.05) is 11.2 Å². The van der Waals surface area contributed by atoms with E-state index >= 15 is 0 Å². The molecule has 1 saturated carbocycles. The van der Waals surface area contributed by atoms with Crippen LogP contribution in [0.2, 0.25) is 5.02 Å². The molecule has 2 aromatic rings. The fraction of sp³-hybridized carbons (Fsp3) is 0.471. The van der Waals surface area contributed by atoms with Gasteiger partial charge < -0.3 is 5.32 Å². The van der Waals surface area contributed by atoms with Crippen molar-refractivity contribution in [3.63, 3.8) is 0 Å². The van der Waals surface area contributed by atoms with Crippen LogP contribution in [0.4, 0.5) is 5.69 Å². The van der Waals surface area contributed by atoms with Crippen molar-refractivity contribution in [3.8, 4) is 0 Å². The molecule has 0 spiro atoms. The van der Waals surface area contributed by atoms with Crippen LogP contribution < -0.4 is 5.32 Å². The number of alkyl halides is 1. The third-order valence-corrected chi connectivity index (χ3v) is 5.20. The topological polar surface area (TPSA) is 24.9 Å². The van der Waals surface area contributed by atoms with Crippen molar-refractivity contribution < 1.29 is 0 Å². The zero-order chi connectivity index (χ0) is 14.9. The molecule has 1 N–H and O–H groups in total. The van der Waals surface area contributed by atoms with E-state index in [1.165, 1.54) is 12.8 Å². The average Bonchev–Trinajstić information content (AvgIpc) is 2.47. The maximum Gasteiger partial charge on any atom is 0.0737 e. The van der Waals surface area contributed by atoms with Gasteiger partial charge in [-0.2, -0.15) is 0 Å². The summed E-state index contributed by atoms with van der Waals surface area (Å²) >= 11 is 12.4. The Kier molecular flexibility index (Phi) is 4.28. The predicted octanol–water partition coefficient (Wildman–Crippen LogP) is 5.49. The van der Waals surface area contributed by atoms with Crippen molar-refractivity contribution in [2.45, 2.75) is 38.1 Å². The molecule has 0 aliphatic heterocycles. The fourth-order valence-electron chi connectivity index (χ4n) is 3.44. The quantitative estimate of drug-likeness (QED) is 0.756. The number of halogens is 2. The highest BCUT2D eigenvalue weighted by molar-refractivity contribution is 6.31. The van der Waals surface area contributed by atoms with E-state index in [0.717, 1.165) is 29.4 Å². The lowest BCUT2D eigenvalue weighted by atomic mass is 9.77. The molecule has 4 heteroatoms. The van der Waals surface area contributed by atoms with Crippen LogP contribution in [0.5, 0.6) is 0 Å². The van der Waals surface area contributed by atoms with Gasteiger partial charge in [0.15, 0.2) is 0 Å². The van der Waals surface area contributed by atoms with Gasteiger partial charge in [0, 0.05) is 28.2 Å². The summed E-state index contributed by atoms with van der Waals surface area (Å²) in [6.07, 6.45) is 6.60. The molecule has 21 heavy (non-hydrogen) atoms. The largest absolute Gasteiger partial charge is 0.378 e. The molecular formula is C17H20Cl2N2. The Morgan fingerprint density at radius 1 is 1.38 bits per heavy atom. The number of fused-ring (bicyclic) bond motifs is 1. The second kappa shape index (κ2) is 6.02. The molecule has 1 aliphatic carbocycles. The summed E-state index contributed by atoms with van der Waals surface area (Å²) in [5.41, 5.74) is 2.01. The number of nitrogens with zero attached hydrogens (tertiary/aromatic N) is 1. The standard InChI is InChI=1S/C17H20Cl2N2/c1-12-3-2-7-17(10-12,11-18)21-15-6-8-20-16-9-13(19)4-5-14(15)16/h4-6,8-9,12H,2-3,7,10-11H2,1H3,(H,20,21). The van der Waals surface area contributed by atoms with Gasteiger partial charge in [0.05, 0.1) is 11.1 Å². The normalized spacial score (nSPS) is 26.0. The smallest absolute Gasteiger partial charge is 0.0737 e. The maximum absolute atomic E-state index is 6.33. The Bertz CT molecular complexity index is 644. The first-order valence-corrected chi connectivity index (χ1v) is 8.42. The molecule has 0 saturated heterocycles. The van der Waals surface area contributed by atoms with Crippen molar-refractivity contribution in [1.29, 1.82) is 0 Å². The monoisotopic (exact) mass is 322 g/mol. The molecule has 1 aliphatic rings. The molecule has 0 amide bonds. The first-order valence-electron chi connectivity index (χ1n) is 7.50. The van der Waals surface area contributed by atoms with Crippen LogP contribution in [-0.4, -0.2) is 16.4 Å². The third kappa shape index (κ3) is 3.12. The minimum Gasteiger partial charge on any atom is -0.378 e. The maximum atomic E-state index is 6.33. The summed E-state index contributed by atoms with van der Waals surface area (Å²) in [6.45, 7) is 2.31. The summed E-state index contributed by atoms with van der Waals surface area (Å²) in [5.74, 6) is 1.35. The first kappa shape index (κ1) is 14.9. The van der Waals surface area contributed by atoms with Gasteiger partial charge in [-0.15, -0.1) is 11.6 Å². The van der Waals surface area contributed by atoms with E-state index in [9.17, 15) is 0 Å². The summed E-state index contributed by atoms with van der Waals surface area (Å²) in [4.78, 5) is 4.40. The minimum atomic E-state index is -0.00680. The number of anilines is 1. The SMILES string of the molecule is CC1CCCC(CCl)(Nc2ccnc3cc(Cl)ccc23)C1. The van der Waals surface area contributed by atoms with Crippen LogP contribution >= 0.6 is 23.2 Å². The van der Waals surface area contributed by atoms with E-state index in [1.807, 2.05) is 30.5 Å². The molecule has 1 fully saturated rings. The van der Waals surface area contributed by atoms with Crippen LogP contribution in [-0.2, 0) is 0 Å². The Hall–Kier alpha value is -0.990. The van der Waals surface area contributed by atoms with Gasteiger partial charge in [0.1, 0.15) is 0 Å². The molecule has 0 bridgehead atoms. The van der Waals surface area contributed by atoms with Gasteiger partial charge in [-0.05, 0) is 43.0 Å². The number of hydrogen-bond donors (Lipinski definition) is 1. The average molecular weight is 323 g/mol. The lowest BCUT2D eigenvalue weighted by molar-refractivity contribution is 0.280. The Balaban J connectivity index is 1.96. The number of hydrogen-bond acceptors (Lipinski definition) is 2. The van der Waals surface area contributed by atoms with Crippen molar-refractivity contribution >= 4 is 39.8 Å². The van der Waals surface area contributed by atoms with Gasteiger partial charge in [-0.3, -0.25) is 4.98 Å². The van der Waals surface area contributed by atoms with Crippen LogP contribution in [0.25, 0.3) is 10.9 Å². The number of nitrogens with one attached hydrogen (secondary N) is 1. The highest BCUT2D eigenvalue weighted by Crippen LogP contribution is 2.37. The van der Waals surface area contributed by atoms with Gasteiger partial charge >= 0.3 is 0 Å². The summed E-state index contributed by atoms with van der Waals surface area (Å²) < 4.78 is 0. The van der Waals surface area contributed by atoms with Crippen molar-refractivity contribution in [1.82, 2.24) is 4.98 Å². The summed E-state index contributed by atoms with van der Waals surface area (Å²) in [7, 11) is 0. The van der Waals surface area contributed by atoms with Gasteiger partial charge in [-0.25, -0.2) is 0 Å². The Morgan fingerprint density at radius 3 is 3.00 bits per heavy atom. The molecule has 2 unspecified atom stereocenters. The number of aromatic nitrogens is 1. The van der Waals surface area contributed by atoms with Crippen LogP contribution in [0.1, 0.15) is 32.6 Å². The molecule has 1 heterocycles. The molecule has 0 radical (unpaired) electrons. The van der Waals surface area contributed by atoms with E-state index in [4.69, 9.17) is 23.2 Å². The fourth-order valence-corrected chi connectivity index (χ4v) is 3.92. The number of benzene rings is 1. The predicted molar refractivity (Wildman–Crippen MR) is 91.5 cm³/mol. The van der Waals surface area contributed by atoms with Crippen LogP contribution in [0.3, 0.4) is 0 Å². The zero-order valence-electron chi connectivity index (χ0n) is 12.2. The van der Waals surface area contributed by atoms with Gasteiger partial charge in [0.25, 0.3) is 0 Å². The highest BCUT2D eigenvalue weighted by atomic mass is 35.5. The molecule has 2 nitrogen and oxygen atoms in total. The molecule has 1 aromatic heterocycles. The van der Waals surface area contributed by atoms with Crippen LogP contribution in [0.15, 0.2) is 30.5 Å². The van der Waals surface area contributed by atoms with E-state index in [1.54, 1.807) is 0 Å². The third-order valence-electron chi connectivity index (χ3n) is 4.45. The second-order valence-electron chi connectivity index (χ2n) is 6.26. The van der Waals surface area contributed by atoms with E-state index in [-0.39, 0.29) is 5.54 Å². The van der Waals surface area contributed by atoms with Crippen LogP contribution in [0, 0.1) is 5.92 Å². The first-order chi connectivity index (χ1) is 10.1. The summed E-state index contributed by atoms with van der Waals surface area (Å²) in [5, 5.41) is 5.54. The minimum absolute atomic E-state index is 0.00680. The molecular weight excluding hydrogens is 303 g/mol. The lowest BCUT2D eigenvalue weighted by Gasteiger charge is -2.40. The molecule has 112 valence electrons. The molecule has 3 rings (SSSR count). The lowest BCUT2D eigenvalue weighted by Crippen LogP contribution is -2.44. The van der Waals surface area contributed by atoms with Crippen molar-refractivity contribution in [2.24, 2.45) is 5.92 Å².